The van der Waals surface area contributed by atoms with Crippen LogP contribution in [0.2, 0.25) is 5.02 Å². The van der Waals surface area contributed by atoms with Crippen molar-refractivity contribution in [1.82, 2.24) is 18.8 Å². The van der Waals surface area contributed by atoms with Crippen molar-refractivity contribution in [3.8, 4) is 11.1 Å². The third kappa shape index (κ3) is 5.13. The number of carbonyl (C=O) groups is 1. The van der Waals surface area contributed by atoms with Crippen LogP contribution in [0.5, 0.6) is 0 Å². The number of nitrogens with one attached hydrogen (secondary N) is 2. The Kier molecular flexibility index (Phi) is 6.89. The van der Waals surface area contributed by atoms with Crippen LogP contribution in [0.4, 0.5) is 10.1 Å². The Labute approximate surface area is 200 Å². The van der Waals surface area contributed by atoms with E-state index in [4.69, 9.17) is 16.7 Å². The van der Waals surface area contributed by atoms with Gasteiger partial charge in [0.15, 0.2) is 0 Å². The zero-order chi connectivity index (χ0) is 23.8. The summed E-state index contributed by atoms with van der Waals surface area (Å²) >= 11 is 7.30. The average molecular weight is 512 g/mol. The third-order valence-electron chi connectivity index (χ3n) is 5.44. The molecule has 176 valence electrons. The second kappa shape index (κ2) is 9.53. The van der Waals surface area contributed by atoms with Crippen molar-refractivity contribution in [2.75, 3.05) is 19.0 Å². The van der Waals surface area contributed by atoms with E-state index in [1.165, 1.54) is 33.8 Å². The first-order chi connectivity index (χ1) is 15.7. The highest BCUT2D eigenvalue weighted by Crippen LogP contribution is 2.35. The minimum Gasteiger partial charge on any atom is -0.394 e. The number of aliphatic hydroxyl groups excluding tert-OH is 1. The Morgan fingerprint density at radius 1 is 1.45 bits per heavy atom. The highest BCUT2D eigenvalue weighted by Gasteiger charge is 2.38. The quantitative estimate of drug-likeness (QED) is 0.443. The number of amides is 1. The van der Waals surface area contributed by atoms with Gasteiger partial charge in [-0.1, -0.05) is 11.6 Å². The van der Waals surface area contributed by atoms with E-state index in [-0.39, 0.29) is 23.6 Å². The van der Waals surface area contributed by atoms with E-state index in [0.717, 1.165) is 16.0 Å². The molecule has 0 spiro atoms. The first-order valence-electron chi connectivity index (χ1n) is 10.0. The molecule has 0 aliphatic carbocycles. The topological polar surface area (TPSA) is 99.5 Å². The van der Waals surface area contributed by atoms with Crippen LogP contribution < -0.4 is 10.0 Å². The monoisotopic (exact) mass is 511 g/mol. The Morgan fingerprint density at radius 2 is 2.24 bits per heavy atom. The molecule has 1 aliphatic rings. The molecule has 1 aromatic carbocycles. The number of anilines is 1. The molecular formula is C21H23ClFN5O3S2. The summed E-state index contributed by atoms with van der Waals surface area (Å²) in [5.74, 6) is 2.84. The summed E-state index contributed by atoms with van der Waals surface area (Å²) in [4.78, 5) is 13.9. The molecule has 3 heterocycles. The lowest BCUT2D eigenvalue weighted by molar-refractivity contribution is -0.120. The minimum atomic E-state index is -2.92. The zero-order valence-electron chi connectivity index (χ0n) is 17.7. The number of likely N-dealkylation sites (N-methyl/N-ethyl adjacent to an activating group) is 1. The first-order valence-corrected chi connectivity index (χ1v) is 13.0. The number of rotatable bonds is 6. The molecule has 1 fully saturated rings. The Balaban J connectivity index is 1.54. The Bertz CT molecular complexity index is 1280. The van der Waals surface area contributed by atoms with E-state index >= 15 is 0 Å². The highest BCUT2D eigenvalue weighted by molar-refractivity contribution is 7.96. The predicted octanol–water partition coefficient (Wildman–Crippen LogP) is 2.92. The van der Waals surface area contributed by atoms with Gasteiger partial charge in [0.05, 0.1) is 40.3 Å². The molecule has 2 aromatic heterocycles. The minimum absolute atomic E-state index is 0.000950. The number of benzene rings is 1. The number of hydrogen-bond acceptors (Lipinski definition) is 5. The van der Waals surface area contributed by atoms with Gasteiger partial charge >= 0.3 is 0 Å². The fourth-order valence-corrected chi connectivity index (χ4v) is 6.26. The summed E-state index contributed by atoms with van der Waals surface area (Å²) in [5, 5.41) is 17.9. The maximum Gasteiger partial charge on any atom is 0.242 e. The lowest BCUT2D eigenvalue weighted by Crippen LogP contribution is -2.55. The van der Waals surface area contributed by atoms with Crippen molar-refractivity contribution in [3.05, 3.63) is 57.8 Å². The van der Waals surface area contributed by atoms with E-state index in [0.29, 0.717) is 18.7 Å². The lowest BCUT2D eigenvalue weighted by atomic mass is 10.0. The maximum atomic E-state index is 13.4. The van der Waals surface area contributed by atoms with Crippen LogP contribution >= 0.6 is 22.9 Å². The van der Waals surface area contributed by atoms with Crippen molar-refractivity contribution in [2.24, 2.45) is 0 Å². The fourth-order valence-electron chi connectivity index (χ4n) is 3.60. The van der Waals surface area contributed by atoms with Gasteiger partial charge in [0.2, 0.25) is 5.91 Å². The number of hydrogen-bond donors (Lipinski definition) is 3. The summed E-state index contributed by atoms with van der Waals surface area (Å²) in [5.41, 5.74) is 2.19. The van der Waals surface area contributed by atoms with Crippen LogP contribution in [0.15, 0.2) is 42.0 Å². The summed E-state index contributed by atoms with van der Waals surface area (Å²) in [6, 6.07) is 4.80. The number of aromatic nitrogens is 2. The van der Waals surface area contributed by atoms with Gasteiger partial charge in [-0.2, -0.15) is 5.10 Å². The van der Waals surface area contributed by atoms with Gasteiger partial charge < -0.3 is 10.4 Å². The average Bonchev–Trinajstić information content (AvgIpc) is 3.42. The molecule has 8 nitrogen and oxygen atoms in total. The van der Waals surface area contributed by atoms with Crippen LogP contribution in [0, 0.1) is 5.82 Å². The Morgan fingerprint density at radius 3 is 2.97 bits per heavy atom. The van der Waals surface area contributed by atoms with Gasteiger partial charge in [0.1, 0.15) is 11.9 Å². The molecular weight excluding hydrogens is 489 g/mol. The normalized spacial score (nSPS) is 23.5. The molecule has 3 N–H and O–H groups in total. The van der Waals surface area contributed by atoms with Crippen molar-refractivity contribution in [1.29, 1.82) is 0 Å². The summed E-state index contributed by atoms with van der Waals surface area (Å²) in [7, 11) is -1.34. The van der Waals surface area contributed by atoms with Crippen molar-refractivity contribution in [3.63, 3.8) is 0 Å². The molecule has 1 saturated heterocycles. The zero-order valence-corrected chi connectivity index (χ0v) is 20.1. The van der Waals surface area contributed by atoms with Gasteiger partial charge in [0.25, 0.3) is 0 Å². The number of thiophene rings is 1. The summed E-state index contributed by atoms with van der Waals surface area (Å²) in [6.45, 7) is 0.411. The van der Waals surface area contributed by atoms with Gasteiger partial charge in [0, 0.05) is 29.4 Å². The predicted molar refractivity (Wildman–Crippen MR) is 130 cm³/mol. The van der Waals surface area contributed by atoms with Crippen LogP contribution in [0.25, 0.3) is 11.1 Å². The van der Waals surface area contributed by atoms with E-state index < -0.39 is 21.8 Å². The molecule has 1 aliphatic heterocycles. The molecule has 3 atom stereocenters. The lowest BCUT2D eigenvalue weighted by Gasteiger charge is -2.39. The molecule has 0 radical (unpaired) electrons. The van der Waals surface area contributed by atoms with Crippen molar-refractivity contribution < 1.29 is 18.5 Å². The first kappa shape index (κ1) is 23.9. The van der Waals surface area contributed by atoms with Gasteiger partial charge in [-0.25, -0.2) is 17.6 Å². The van der Waals surface area contributed by atoms with Gasteiger partial charge in [-0.3, -0.25) is 9.48 Å². The van der Waals surface area contributed by atoms with Crippen molar-refractivity contribution >= 4 is 50.3 Å². The highest BCUT2D eigenvalue weighted by atomic mass is 35.5. The van der Waals surface area contributed by atoms with E-state index in [1.54, 1.807) is 17.9 Å². The molecule has 4 rings (SSSR count). The van der Waals surface area contributed by atoms with E-state index in [2.05, 4.69) is 21.0 Å². The van der Waals surface area contributed by atoms with E-state index in [9.17, 15) is 13.4 Å². The second-order valence-corrected chi connectivity index (χ2v) is 11.1. The third-order valence-corrected chi connectivity index (χ3v) is 8.61. The second-order valence-electron chi connectivity index (χ2n) is 7.68. The molecule has 0 bridgehead atoms. The largest absolute Gasteiger partial charge is 0.394 e. The standard InChI is InChI=1S/C21H23ClFN5O3S2/c1-27-19(21(30)25-15-3-4-17(23)16(22)8-15)9-18(26-33(27,2)31)20-7-13(12-32-20)14-10-24-28(11-14)5-6-29/h3-4,7-8,10-12,18-19,29H,2,5-6,9H2,1H3,(H,25,30)(H,26,31)/t18-,19+,33?/m1/s1. The Hall–Kier alpha value is -2.28. The molecule has 1 unspecified atom stereocenters. The van der Waals surface area contributed by atoms with Gasteiger partial charge in [-0.15, -0.1) is 11.3 Å². The van der Waals surface area contributed by atoms with E-state index in [1.807, 2.05) is 17.6 Å². The molecule has 33 heavy (non-hydrogen) atoms. The summed E-state index contributed by atoms with van der Waals surface area (Å²) < 4.78 is 32.7. The van der Waals surface area contributed by atoms with Crippen LogP contribution in [-0.4, -0.2) is 54.9 Å². The number of nitrogens with zero attached hydrogens (tertiary/aromatic N) is 3. The molecule has 12 heteroatoms. The number of aliphatic hydroxyl groups is 1. The number of halogens is 2. The van der Waals surface area contributed by atoms with Crippen LogP contribution in [-0.2, 0) is 21.2 Å². The molecule has 3 aromatic rings. The maximum absolute atomic E-state index is 13.4. The van der Waals surface area contributed by atoms with Crippen LogP contribution in [0.1, 0.15) is 17.3 Å². The molecule has 1 amide bonds. The van der Waals surface area contributed by atoms with Crippen LogP contribution in [0.3, 0.4) is 0 Å². The van der Waals surface area contributed by atoms with Gasteiger partial charge in [-0.05, 0) is 47.5 Å². The number of carbonyl (C=O) groups excluding carboxylic acids is 1. The molecule has 0 saturated carbocycles. The fraction of sp³-hybridized carbons (Fsp3) is 0.286. The SMILES string of the molecule is C=S1(=O)N[C@@H](c2cc(-c3cnn(CCO)c3)cs2)C[C@@H](C(=O)Nc2ccc(F)c(Cl)c2)N1C. The van der Waals surface area contributed by atoms with Crippen molar-refractivity contribution in [2.45, 2.75) is 25.0 Å². The smallest absolute Gasteiger partial charge is 0.242 e. The summed E-state index contributed by atoms with van der Waals surface area (Å²) in [6.07, 6.45) is 3.92.